The predicted molar refractivity (Wildman–Crippen MR) is 121 cm³/mol. The summed E-state index contributed by atoms with van der Waals surface area (Å²) < 4.78 is 21.7. The third-order valence-electron chi connectivity index (χ3n) is 5.49. The topological polar surface area (TPSA) is 86.3 Å². The molecule has 1 aliphatic heterocycles. The first-order chi connectivity index (χ1) is 15.2. The Hall–Kier alpha value is -2.84. The van der Waals surface area contributed by atoms with E-state index in [2.05, 4.69) is 10.1 Å². The maximum atomic E-state index is 13.9. The summed E-state index contributed by atoms with van der Waals surface area (Å²) >= 11 is 12.3. The van der Waals surface area contributed by atoms with Gasteiger partial charge in [0.05, 0.1) is 11.2 Å². The number of aromatic nitrogens is 3. The number of carbonyl (C=O) groups is 1. The van der Waals surface area contributed by atoms with Crippen LogP contribution in [0.25, 0.3) is 11.1 Å². The van der Waals surface area contributed by atoms with Gasteiger partial charge in [0.2, 0.25) is 5.91 Å². The highest BCUT2D eigenvalue weighted by Gasteiger charge is 2.29. The lowest BCUT2D eigenvalue weighted by Crippen LogP contribution is -2.50. The second-order valence-electron chi connectivity index (χ2n) is 7.87. The first-order valence-corrected chi connectivity index (χ1v) is 10.8. The van der Waals surface area contributed by atoms with Gasteiger partial charge in [0.1, 0.15) is 11.9 Å². The number of nitrogen functional groups attached to an aromatic ring is 1. The molecule has 0 aliphatic carbocycles. The van der Waals surface area contributed by atoms with E-state index in [9.17, 15) is 9.18 Å². The molecule has 1 aromatic carbocycles. The molecule has 0 bridgehead atoms. The van der Waals surface area contributed by atoms with Gasteiger partial charge in [-0.25, -0.2) is 9.37 Å². The summed E-state index contributed by atoms with van der Waals surface area (Å²) in [5.74, 6) is 0.423. The number of nitrogens with two attached hydrogens (primary N) is 1. The molecule has 2 aromatic heterocycles. The minimum atomic E-state index is -0.657. The van der Waals surface area contributed by atoms with Crippen LogP contribution >= 0.6 is 23.2 Å². The average molecular weight is 478 g/mol. The number of pyridine rings is 1. The Balaban J connectivity index is 1.50. The Labute approximate surface area is 194 Å². The number of ether oxygens (including phenoxy) is 1. The average Bonchev–Trinajstić information content (AvgIpc) is 3.17. The van der Waals surface area contributed by atoms with Crippen molar-refractivity contribution in [3.63, 3.8) is 0 Å². The van der Waals surface area contributed by atoms with Crippen molar-refractivity contribution in [1.82, 2.24) is 19.7 Å². The van der Waals surface area contributed by atoms with Crippen molar-refractivity contribution in [2.24, 2.45) is 5.92 Å². The Morgan fingerprint density at radius 1 is 1.31 bits per heavy atom. The van der Waals surface area contributed by atoms with Gasteiger partial charge in [0.15, 0.2) is 11.6 Å². The van der Waals surface area contributed by atoms with Crippen LogP contribution in [-0.4, -0.2) is 38.7 Å². The van der Waals surface area contributed by atoms with Crippen molar-refractivity contribution < 1.29 is 13.9 Å². The Kier molecular flexibility index (Phi) is 6.26. The van der Waals surface area contributed by atoms with Gasteiger partial charge in [-0.3, -0.25) is 9.48 Å². The Bertz CT molecular complexity index is 1160. The normalized spacial score (nSPS) is 14.8. The fraction of sp³-hybridized carbons (Fsp3) is 0.318. The van der Waals surface area contributed by atoms with Crippen LogP contribution in [0, 0.1) is 11.7 Å². The number of carbonyl (C=O) groups excluding carboxylic acids is 1. The molecule has 7 nitrogen and oxygen atoms in total. The van der Waals surface area contributed by atoms with E-state index in [0.717, 1.165) is 30.8 Å². The maximum Gasteiger partial charge on any atom is 0.219 e. The van der Waals surface area contributed by atoms with Crippen molar-refractivity contribution in [3.05, 3.63) is 58.2 Å². The quantitative estimate of drug-likeness (QED) is 0.524. The van der Waals surface area contributed by atoms with Crippen LogP contribution in [0.15, 0.2) is 36.8 Å². The summed E-state index contributed by atoms with van der Waals surface area (Å²) in [6.45, 7) is 5.50. The zero-order valence-corrected chi connectivity index (χ0v) is 19.1. The first kappa shape index (κ1) is 22.4. The van der Waals surface area contributed by atoms with Gasteiger partial charge in [0.25, 0.3) is 0 Å². The molecule has 1 amide bonds. The molecule has 1 unspecified atom stereocenters. The van der Waals surface area contributed by atoms with Crippen molar-refractivity contribution in [2.75, 3.05) is 18.8 Å². The molecule has 32 heavy (non-hydrogen) atoms. The third kappa shape index (κ3) is 4.52. The number of benzene rings is 1. The Morgan fingerprint density at radius 2 is 2.06 bits per heavy atom. The maximum absolute atomic E-state index is 13.9. The van der Waals surface area contributed by atoms with Gasteiger partial charge in [-0.15, -0.1) is 0 Å². The summed E-state index contributed by atoms with van der Waals surface area (Å²) in [7, 11) is 0. The molecule has 0 saturated carbocycles. The van der Waals surface area contributed by atoms with Gasteiger partial charge in [-0.2, -0.15) is 5.10 Å². The summed E-state index contributed by atoms with van der Waals surface area (Å²) in [6, 6.07) is 4.39. The van der Waals surface area contributed by atoms with E-state index < -0.39 is 11.9 Å². The number of hydrogen-bond donors (Lipinski definition) is 1. The van der Waals surface area contributed by atoms with Crippen molar-refractivity contribution in [1.29, 1.82) is 0 Å². The number of anilines is 1. The van der Waals surface area contributed by atoms with Crippen LogP contribution in [0.4, 0.5) is 10.2 Å². The van der Waals surface area contributed by atoms with E-state index in [-0.39, 0.29) is 16.7 Å². The lowest BCUT2D eigenvalue weighted by molar-refractivity contribution is -0.135. The first-order valence-electron chi connectivity index (χ1n) is 10.1. The van der Waals surface area contributed by atoms with Gasteiger partial charge in [-0.05, 0) is 25.1 Å². The highest BCUT2D eigenvalue weighted by Crippen LogP contribution is 2.37. The summed E-state index contributed by atoms with van der Waals surface area (Å²) in [6.07, 6.45) is 4.63. The molecule has 1 atom stereocenters. The van der Waals surface area contributed by atoms with E-state index in [0.29, 0.717) is 22.3 Å². The largest absolute Gasteiger partial charge is 0.482 e. The highest BCUT2D eigenvalue weighted by atomic mass is 35.5. The van der Waals surface area contributed by atoms with Crippen molar-refractivity contribution >= 4 is 34.9 Å². The minimum absolute atomic E-state index is 0.0895. The Morgan fingerprint density at radius 3 is 2.78 bits per heavy atom. The van der Waals surface area contributed by atoms with Crippen molar-refractivity contribution in [3.8, 4) is 16.9 Å². The summed E-state index contributed by atoms with van der Waals surface area (Å²) in [4.78, 5) is 17.4. The number of amides is 1. The molecular formula is C22H22Cl2FN5O2. The van der Waals surface area contributed by atoms with Crippen LogP contribution < -0.4 is 10.5 Å². The lowest BCUT2D eigenvalue weighted by atomic mass is 10.0. The number of hydrogen-bond acceptors (Lipinski definition) is 5. The van der Waals surface area contributed by atoms with E-state index in [1.54, 1.807) is 37.2 Å². The number of halogens is 3. The summed E-state index contributed by atoms with van der Waals surface area (Å²) in [5.41, 5.74) is 7.96. The van der Waals surface area contributed by atoms with E-state index in [1.165, 1.54) is 12.1 Å². The van der Waals surface area contributed by atoms with E-state index in [1.807, 2.05) is 10.9 Å². The van der Waals surface area contributed by atoms with E-state index >= 15 is 0 Å². The molecule has 1 aliphatic rings. The standard InChI is InChI=1S/C22H22Cl2FN5O2/c1-12(20-17(23)3-4-18(25)21(20)24)32-19-5-15(6-27-22(19)26)16-7-28-30(11-16)10-14-8-29(9-14)13(2)31/h3-7,11-12,14H,8-10H2,1-2H3,(H2,26,27). The molecule has 3 heterocycles. The molecule has 0 spiro atoms. The summed E-state index contributed by atoms with van der Waals surface area (Å²) in [5, 5.41) is 4.62. The van der Waals surface area contributed by atoms with Crippen LogP contribution in [0.2, 0.25) is 10.0 Å². The zero-order valence-electron chi connectivity index (χ0n) is 17.6. The molecule has 2 N–H and O–H groups in total. The molecule has 4 rings (SSSR count). The van der Waals surface area contributed by atoms with Gasteiger partial charge in [0, 0.05) is 66.6 Å². The highest BCUT2D eigenvalue weighted by molar-refractivity contribution is 6.36. The third-order valence-corrected chi connectivity index (χ3v) is 6.20. The zero-order chi connectivity index (χ0) is 23.0. The van der Waals surface area contributed by atoms with E-state index in [4.69, 9.17) is 33.7 Å². The van der Waals surface area contributed by atoms with Crippen LogP contribution in [-0.2, 0) is 11.3 Å². The van der Waals surface area contributed by atoms with Gasteiger partial charge in [-0.1, -0.05) is 23.2 Å². The van der Waals surface area contributed by atoms with Crippen LogP contribution in [0.5, 0.6) is 5.75 Å². The monoisotopic (exact) mass is 477 g/mol. The second-order valence-corrected chi connectivity index (χ2v) is 8.65. The number of likely N-dealkylation sites (tertiary alicyclic amines) is 1. The molecular weight excluding hydrogens is 456 g/mol. The van der Waals surface area contributed by atoms with Crippen LogP contribution in [0.1, 0.15) is 25.5 Å². The van der Waals surface area contributed by atoms with Gasteiger partial charge >= 0.3 is 0 Å². The SMILES string of the molecule is CC(=O)N1CC(Cn2cc(-c3cnc(N)c(OC(C)c4c(Cl)ccc(F)c4Cl)c3)cn2)C1. The van der Waals surface area contributed by atoms with Crippen molar-refractivity contribution in [2.45, 2.75) is 26.5 Å². The second kappa shape index (κ2) is 8.96. The minimum Gasteiger partial charge on any atom is -0.482 e. The number of nitrogens with zero attached hydrogens (tertiary/aromatic N) is 4. The fourth-order valence-corrected chi connectivity index (χ4v) is 4.37. The molecule has 0 radical (unpaired) electrons. The molecule has 1 fully saturated rings. The predicted octanol–water partition coefficient (Wildman–Crippen LogP) is 4.59. The lowest BCUT2D eigenvalue weighted by Gasteiger charge is -2.38. The molecule has 168 valence electrons. The molecule has 3 aromatic rings. The van der Waals surface area contributed by atoms with Gasteiger partial charge < -0.3 is 15.4 Å². The fourth-order valence-electron chi connectivity index (χ4n) is 3.69. The number of rotatable bonds is 6. The molecule has 10 heteroatoms. The molecule has 1 saturated heterocycles. The van der Waals surface area contributed by atoms with Crippen LogP contribution in [0.3, 0.4) is 0 Å². The smallest absolute Gasteiger partial charge is 0.219 e.